The standard InChI is InChI=1S/C15H18O2/c1-3-9-15(12-16,10-4-2)11-13-5-7-14(17)8-6-13/h3-8,12,17H,1-2,9-11H2. The molecule has 0 amide bonds. The van der Waals surface area contributed by atoms with Gasteiger partial charge in [0, 0.05) is 5.41 Å². The summed E-state index contributed by atoms with van der Waals surface area (Å²) in [6.07, 6.45) is 6.40. The highest BCUT2D eigenvalue weighted by Crippen LogP contribution is 2.30. The van der Waals surface area contributed by atoms with Crippen molar-refractivity contribution in [2.45, 2.75) is 19.3 Å². The molecule has 1 aromatic carbocycles. The molecule has 0 aliphatic carbocycles. The highest BCUT2D eigenvalue weighted by Gasteiger charge is 2.27. The molecule has 1 N–H and O–H groups in total. The van der Waals surface area contributed by atoms with Crippen LogP contribution in [-0.4, -0.2) is 11.4 Å². The molecule has 0 unspecified atom stereocenters. The zero-order valence-electron chi connectivity index (χ0n) is 9.93. The Balaban J connectivity index is 2.91. The van der Waals surface area contributed by atoms with Gasteiger partial charge in [-0.05, 0) is 37.0 Å². The molecule has 0 saturated heterocycles. The van der Waals surface area contributed by atoms with E-state index in [0.29, 0.717) is 19.3 Å². The van der Waals surface area contributed by atoms with Crippen molar-refractivity contribution in [2.24, 2.45) is 5.41 Å². The molecule has 1 rings (SSSR count). The number of allylic oxidation sites excluding steroid dienone is 2. The van der Waals surface area contributed by atoms with E-state index in [1.807, 2.05) is 12.1 Å². The molecule has 0 atom stereocenters. The smallest absolute Gasteiger partial charge is 0.127 e. The minimum absolute atomic E-state index is 0.234. The van der Waals surface area contributed by atoms with Crippen molar-refractivity contribution in [3.8, 4) is 5.75 Å². The zero-order chi connectivity index (χ0) is 12.7. The largest absolute Gasteiger partial charge is 0.508 e. The number of aromatic hydroxyl groups is 1. The van der Waals surface area contributed by atoms with Gasteiger partial charge in [-0.3, -0.25) is 0 Å². The topological polar surface area (TPSA) is 37.3 Å². The summed E-state index contributed by atoms with van der Waals surface area (Å²) < 4.78 is 0. The molecule has 0 aromatic heterocycles. The molecule has 0 heterocycles. The van der Waals surface area contributed by atoms with Crippen molar-refractivity contribution < 1.29 is 9.90 Å². The molecule has 0 aliphatic heterocycles. The van der Waals surface area contributed by atoms with Gasteiger partial charge in [0.1, 0.15) is 12.0 Å². The van der Waals surface area contributed by atoms with E-state index in [4.69, 9.17) is 0 Å². The molecule has 0 radical (unpaired) electrons. The van der Waals surface area contributed by atoms with Crippen LogP contribution >= 0.6 is 0 Å². The fourth-order valence-electron chi connectivity index (χ4n) is 1.96. The van der Waals surface area contributed by atoms with Crippen LogP contribution in [0.2, 0.25) is 0 Å². The summed E-state index contributed by atoms with van der Waals surface area (Å²) in [4.78, 5) is 11.3. The lowest BCUT2D eigenvalue weighted by atomic mass is 9.77. The molecule has 1 aromatic rings. The fraction of sp³-hybridized carbons (Fsp3) is 0.267. The second-order valence-corrected chi connectivity index (χ2v) is 4.31. The number of hydrogen-bond donors (Lipinski definition) is 1. The second kappa shape index (κ2) is 6.04. The van der Waals surface area contributed by atoms with Gasteiger partial charge in [0.25, 0.3) is 0 Å². The molecule has 0 saturated carbocycles. The lowest BCUT2D eigenvalue weighted by molar-refractivity contribution is -0.116. The molecule has 2 heteroatoms. The first-order chi connectivity index (χ1) is 8.15. The summed E-state index contributed by atoms with van der Waals surface area (Å²) in [6.45, 7) is 7.40. The van der Waals surface area contributed by atoms with Gasteiger partial charge in [-0.25, -0.2) is 0 Å². The number of carbonyl (C=O) groups is 1. The quantitative estimate of drug-likeness (QED) is 0.576. The minimum Gasteiger partial charge on any atom is -0.508 e. The molecule has 0 bridgehead atoms. The van der Waals surface area contributed by atoms with Crippen molar-refractivity contribution in [1.29, 1.82) is 0 Å². The highest BCUT2D eigenvalue weighted by atomic mass is 16.3. The van der Waals surface area contributed by atoms with Crippen molar-refractivity contribution in [3.63, 3.8) is 0 Å². The van der Waals surface area contributed by atoms with Gasteiger partial charge in [-0.15, -0.1) is 13.2 Å². The van der Waals surface area contributed by atoms with Crippen LogP contribution in [0.5, 0.6) is 5.75 Å². The number of hydrogen-bond acceptors (Lipinski definition) is 2. The number of phenolic OH excluding ortho intramolecular Hbond substituents is 1. The predicted molar refractivity (Wildman–Crippen MR) is 69.9 cm³/mol. The van der Waals surface area contributed by atoms with E-state index >= 15 is 0 Å². The van der Waals surface area contributed by atoms with E-state index in [2.05, 4.69) is 13.2 Å². The van der Waals surface area contributed by atoms with Gasteiger partial charge in [-0.2, -0.15) is 0 Å². The molecular weight excluding hydrogens is 212 g/mol. The fourth-order valence-corrected chi connectivity index (χ4v) is 1.96. The Morgan fingerprint density at radius 2 is 1.65 bits per heavy atom. The van der Waals surface area contributed by atoms with Crippen molar-refractivity contribution in [3.05, 3.63) is 55.1 Å². The molecule has 2 nitrogen and oxygen atoms in total. The van der Waals surface area contributed by atoms with E-state index in [-0.39, 0.29) is 5.75 Å². The number of benzene rings is 1. The van der Waals surface area contributed by atoms with E-state index in [1.54, 1.807) is 24.3 Å². The van der Waals surface area contributed by atoms with E-state index in [0.717, 1.165) is 11.8 Å². The number of carbonyl (C=O) groups excluding carboxylic acids is 1. The first-order valence-electron chi connectivity index (χ1n) is 5.62. The van der Waals surface area contributed by atoms with Crippen LogP contribution in [0.15, 0.2) is 49.6 Å². The maximum atomic E-state index is 11.3. The lowest BCUT2D eigenvalue weighted by Crippen LogP contribution is -2.24. The van der Waals surface area contributed by atoms with Crippen molar-refractivity contribution in [2.75, 3.05) is 0 Å². The van der Waals surface area contributed by atoms with Crippen LogP contribution in [0.1, 0.15) is 18.4 Å². The van der Waals surface area contributed by atoms with Gasteiger partial charge in [0.2, 0.25) is 0 Å². The number of rotatable bonds is 7. The van der Waals surface area contributed by atoms with Crippen LogP contribution in [-0.2, 0) is 11.2 Å². The Hall–Kier alpha value is -1.83. The Labute approximate surface area is 102 Å². The van der Waals surface area contributed by atoms with Gasteiger partial charge in [0.15, 0.2) is 0 Å². The van der Waals surface area contributed by atoms with Gasteiger partial charge >= 0.3 is 0 Å². The maximum Gasteiger partial charge on any atom is 0.127 e. The first kappa shape index (κ1) is 13.2. The van der Waals surface area contributed by atoms with Crippen LogP contribution in [0.4, 0.5) is 0 Å². The Bertz CT molecular complexity index is 380. The van der Waals surface area contributed by atoms with Crippen molar-refractivity contribution in [1.82, 2.24) is 0 Å². The van der Waals surface area contributed by atoms with E-state index < -0.39 is 5.41 Å². The minimum atomic E-state index is -0.458. The van der Waals surface area contributed by atoms with Gasteiger partial charge < -0.3 is 9.90 Å². The molecule has 90 valence electrons. The SMILES string of the molecule is C=CCC(C=O)(CC=C)Cc1ccc(O)cc1. The van der Waals surface area contributed by atoms with Crippen molar-refractivity contribution >= 4 is 6.29 Å². The molecule has 0 spiro atoms. The van der Waals surface area contributed by atoms with Gasteiger partial charge in [0.05, 0.1) is 0 Å². The lowest BCUT2D eigenvalue weighted by Gasteiger charge is -2.25. The predicted octanol–water partition coefficient (Wildman–Crippen LogP) is 3.27. The average molecular weight is 230 g/mol. The Morgan fingerprint density at radius 1 is 1.12 bits per heavy atom. The summed E-state index contributed by atoms with van der Waals surface area (Å²) in [5.41, 5.74) is 0.569. The summed E-state index contributed by atoms with van der Waals surface area (Å²) in [5.74, 6) is 0.234. The van der Waals surface area contributed by atoms with Crippen LogP contribution in [0.3, 0.4) is 0 Å². The third-order valence-electron chi connectivity index (χ3n) is 2.84. The summed E-state index contributed by atoms with van der Waals surface area (Å²) in [6, 6.07) is 6.93. The monoisotopic (exact) mass is 230 g/mol. The molecular formula is C15H18O2. The number of phenols is 1. The average Bonchev–Trinajstić information content (AvgIpc) is 2.33. The molecule has 0 aliphatic rings. The Morgan fingerprint density at radius 3 is 2.06 bits per heavy atom. The molecule has 0 fully saturated rings. The molecule has 17 heavy (non-hydrogen) atoms. The zero-order valence-corrected chi connectivity index (χ0v) is 9.93. The third-order valence-corrected chi connectivity index (χ3v) is 2.84. The van der Waals surface area contributed by atoms with E-state index in [1.165, 1.54) is 0 Å². The summed E-state index contributed by atoms with van der Waals surface area (Å²) in [7, 11) is 0. The summed E-state index contributed by atoms with van der Waals surface area (Å²) in [5, 5.41) is 9.22. The number of aldehydes is 1. The normalized spacial score (nSPS) is 10.8. The highest BCUT2D eigenvalue weighted by molar-refractivity contribution is 5.61. The van der Waals surface area contributed by atoms with E-state index in [9.17, 15) is 9.90 Å². The van der Waals surface area contributed by atoms with Crippen LogP contribution < -0.4 is 0 Å². The Kier molecular flexibility index (Phi) is 4.70. The van der Waals surface area contributed by atoms with Crippen LogP contribution in [0.25, 0.3) is 0 Å². The second-order valence-electron chi connectivity index (χ2n) is 4.31. The summed E-state index contributed by atoms with van der Waals surface area (Å²) >= 11 is 0. The van der Waals surface area contributed by atoms with Crippen LogP contribution in [0, 0.1) is 5.41 Å². The third kappa shape index (κ3) is 3.59. The first-order valence-corrected chi connectivity index (χ1v) is 5.62. The van der Waals surface area contributed by atoms with Gasteiger partial charge in [-0.1, -0.05) is 24.3 Å². The maximum absolute atomic E-state index is 11.3.